The van der Waals surface area contributed by atoms with Crippen molar-refractivity contribution in [2.24, 2.45) is 23.7 Å². The molecule has 5 rings (SSSR count). The normalized spacial score (nSPS) is 24.0. The molecule has 0 radical (unpaired) electrons. The van der Waals surface area contributed by atoms with Crippen LogP contribution < -0.4 is 4.90 Å². The first-order valence-electron chi connectivity index (χ1n) is 15.0. The Hall–Kier alpha value is -3.78. The number of amides is 2. The van der Waals surface area contributed by atoms with Crippen molar-refractivity contribution in [1.82, 2.24) is 0 Å². The number of non-ortho nitro benzene ring substituents is 1. The van der Waals surface area contributed by atoms with Crippen LogP contribution in [0.15, 0.2) is 53.1 Å². The highest BCUT2D eigenvalue weighted by molar-refractivity contribution is 6.22. The van der Waals surface area contributed by atoms with E-state index in [0.29, 0.717) is 18.8 Å². The minimum absolute atomic E-state index is 0.119. The van der Waals surface area contributed by atoms with E-state index >= 15 is 0 Å². The van der Waals surface area contributed by atoms with Crippen LogP contribution in [-0.2, 0) is 14.3 Å². The van der Waals surface area contributed by atoms with E-state index in [4.69, 9.17) is 4.74 Å². The second-order valence-electron chi connectivity index (χ2n) is 12.3. The zero-order valence-electron chi connectivity index (χ0n) is 25.1. The number of aromatic hydroxyl groups is 1. The number of hydrogen-bond donors (Lipinski definition) is 1. The number of phenols is 1. The van der Waals surface area contributed by atoms with E-state index in [2.05, 4.69) is 26.8 Å². The molecule has 2 aromatic rings. The average Bonchev–Trinajstić information content (AvgIpc) is 3.48. The Bertz CT molecular complexity index is 1470. The van der Waals surface area contributed by atoms with Gasteiger partial charge in [0.1, 0.15) is 5.75 Å². The van der Waals surface area contributed by atoms with E-state index in [0.717, 1.165) is 42.4 Å². The van der Waals surface area contributed by atoms with Crippen LogP contribution in [0, 0.1) is 47.6 Å². The standard InChI is InChI=1S/C34H40N2O6/c1-6-8-22(15-23-13-20(4)32(37)21(5)14-23)11-12-29-30-26(19(2)3)17-27-31(28(30)18-42-29)34(39)35(33(27)38)24-9-7-10-25(16-24)36(40)41/h7,9-10,13-16,19,27-29,31,37H,6,8,11-12,17-18H2,1-5H3/b22-15+/t27-,28+,29-,31-/m1/s1. The molecule has 2 fully saturated rings. The lowest BCUT2D eigenvalue weighted by atomic mass is 9.67. The summed E-state index contributed by atoms with van der Waals surface area (Å²) in [6.45, 7) is 10.6. The SMILES string of the molecule is CCC/C(=C\c1cc(C)c(O)c(C)c1)CC[C@H]1OC[C@H]2C1=C(C(C)C)C[C@H]1C(=O)N(c3cccc([N+](=O)[O-])c3)C(=O)[C@H]12. The number of benzene rings is 2. The van der Waals surface area contributed by atoms with Gasteiger partial charge < -0.3 is 9.84 Å². The fourth-order valence-electron chi connectivity index (χ4n) is 7.17. The number of nitro benzene ring substituents is 1. The van der Waals surface area contributed by atoms with Crippen LogP contribution in [0.1, 0.15) is 69.6 Å². The summed E-state index contributed by atoms with van der Waals surface area (Å²) in [7, 11) is 0. The smallest absolute Gasteiger partial charge is 0.271 e. The lowest BCUT2D eigenvalue weighted by molar-refractivity contribution is -0.384. The number of aryl methyl sites for hydroxylation is 2. The van der Waals surface area contributed by atoms with E-state index in [1.807, 2.05) is 26.0 Å². The molecule has 0 spiro atoms. The van der Waals surface area contributed by atoms with Crippen molar-refractivity contribution in [3.8, 4) is 5.75 Å². The first kappa shape index (κ1) is 29.7. The van der Waals surface area contributed by atoms with Gasteiger partial charge in [-0.25, -0.2) is 4.90 Å². The Balaban J connectivity index is 1.40. The van der Waals surface area contributed by atoms with Crippen molar-refractivity contribution in [3.05, 3.63) is 79.9 Å². The van der Waals surface area contributed by atoms with Gasteiger partial charge in [0.05, 0.1) is 35.2 Å². The predicted octanol–water partition coefficient (Wildman–Crippen LogP) is 7.06. The minimum Gasteiger partial charge on any atom is -0.507 e. The van der Waals surface area contributed by atoms with Gasteiger partial charge in [-0.3, -0.25) is 19.7 Å². The van der Waals surface area contributed by atoms with Crippen LogP contribution in [0.2, 0.25) is 0 Å². The van der Waals surface area contributed by atoms with Gasteiger partial charge in [-0.2, -0.15) is 0 Å². The van der Waals surface area contributed by atoms with Crippen LogP contribution in [0.25, 0.3) is 6.08 Å². The van der Waals surface area contributed by atoms with Gasteiger partial charge >= 0.3 is 0 Å². The van der Waals surface area contributed by atoms with Crippen molar-refractivity contribution in [1.29, 1.82) is 0 Å². The van der Waals surface area contributed by atoms with Crippen LogP contribution in [-0.4, -0.2) is 34.6 Å². The maximum absolute atomic E-state index is 13.8. The van der Waals surface area contributed by atoms with Crippen LogP contribution in [0.3, 0.4) is 0 Å². The molecular weight excluding hydrogens is 532 g/mol. The second kappa shape index (κ2) is 11.8. The summed E-state index contributed by atoms with van der Waals surface area (Å²) >= 11 is 0. The van der Waals surface area contributed by atoms with Crippen LogP contribution in [0.5, 0.6) is 5.75 Å². The van der Waals surface area contributed by atoms with Gasteiger partial charge in [-0.15, -0.1) is 0 Å². The summed E-state index contributed by atoms with van der Waals surface area (Å²) in [5.41, 5.74) is 6.61. The number of fused-ring (bicyclic) bond motifs is 3. The number of carbonyl (C=O) groups is 2. The minimum atomic E-state index is -0.520. The van der Waals surface area contributed by atoms with Gasteiger partial charge in [-0.05, 0) is 85.9 Å². The Morgan fingerprint density at radius 1 is 1.12 bits per heavy atom. The fraction of sp³-hybridized carbons (Fsp3) is 0.471. The third kappa shape index (κ3) is 5.40. The largest absolute Gasteiger partial charge is 0.507 e. The van der Waals surface area contributed by atoms with Gasteiger partial charge in [0.15, 0.2) is 0 Å². The highest BCUT2D eigenvalue weighted by Gasteiger charge is 2.57. The molecule has 0 unspecified atom stereocenters. The Morgan fingerprint density at radius 3 is 2.48 bits per heavy atom. The number of carbonyl (C=O) groups excluding carboxylic acids is 2. The molecule has 1 N–H and O–H groups in total. The summed E-state index contributed by atoms with van der Waals surface area (Å²) in [5.74, 6) is -1.20. The number of nitro groups is 1. The molecule has 1 aliphatic carbocycles. The number of allylic oxidation sites excluding steroid dienone is 2. The molecule has 8 nitrogen and oxygen atoms in total. The molecule has 42 heavy (non-hydrogen) atoms. The maximum atomic E-state index is 13.8. The van der Waals surface area contributed by atoms with Gasteiger partial charge in [0.25, 0.3) is 5.69 Å². The van der Waals surface area contributed by atoms with Crippen molar-refractivity contribution >= 4 is 29.3 Å². The number of nitrogens with zero attached hydrogens (tertiary/aromatic N) is 2. The third-order valence-corrected chi connectivity index (χ3v) is 9.12. The Labute approximate surface area is 247 Å². The highest BCUT2D eigenvalue weighted by Crippen LogP contribution is 2.52. The zero-order chi connectivity index (χ0) is 30.3. The Kier molecular flexibility index (Phi) is 8.37. The molecule has 2 aliphatic heterocycles. The molecule has 2 aromatic carbocycles. The number of imide groups is 1. The summed E-state index contributed by atoms with van der Waals surface area (Å²) < 4.78 is 6.41. The lowest BCUT2D eigenvalue weighted by Gasteiger charge is -2.33. The third-order valence-electron chi connectivity index (χ3n) is 9.12. The molecule has 2 amide bonds. The molecule has 0 aromatic heterocycles. The summed E-state index contributed by atoms with van der Waals surface area (Å²) in [4.78, 5) is 39.5. The highest BCUT2D eigenvalue weighted by atomic mass is 16.6. The fourth-order valence-corrected chi connectivity index (χ4v) is 7.17. The van der Waals surface area contributed by atoms with E-state index in [9.17, 15) is 24.8 Å². The van der Waals surface area contributed by atoms with Crippen LogP contribution >= 0.6 is 0 Å². The summed E-state index contributed by atoms with van der Waals surface area (Å²) in [5, 5.41) is 21.6. The summed E-state index contributed by atoms with van der Waals surface area (Å²) in [6, 6.07) is 9.78. The number of rotatable bonds is 9. The number of hydrogen-bond acceptors (Lipinski definition) is 6. The molecule has 0 bridgehead atoms. The first-order chi connectivity index (χ1) is 20.0. The van der Waals surface area contributed by atoms with Crippen molar-refractivity contribution in [2.45, 2.75) is 72.8 Å². The molecule has 222 valence electrons. The van der Waals surface area contributed by atoms with Crippen LogP contribution in [0.4, 0.5) is 11.4 Å². The molecule has 3 aliphatic rings. The topological polar surface area (TPSA) is 110 Å². The predicted molar refractivity (Wildman–Crippen MR) is 162 cm³/mol. The average molecular weight is 573 g/mol. The molecular formula is C34H40N2O6. The van der Waals surface area contributed by atoms with Crippen molar-refractivity contribution in [2.75, 3.05) is 11.5 Å². The van der Waals surface area contributed by atoms with E-state index < -0.39 is 16.8 Å². The van der Waals surface area contributed by atoms with E-state index in [1.165, 1.54) is 39.8 Å². The molecule has 2 saturated heterocycles. The zero-order valence-corrected chi connectivity index (χ0v) is 25.1. The van der Waals surface area contributed by atoms with Gasteiger partial charge in [-0.1, -0.05) is 50.5 Å². The molecule has 2 heterocycles. The monoisotopic (exact) mass is 572 g/mol. The number of anilines is 1. The first-order valence-corrected chi connectivity index (χ1v) is 15.0. The lowest BCUT2D eigenvalue weighted by Crippen LogP contribution is -2.35. The number of phenolic OH excluding ortho intramolecular Hbond substituents is 1. The molecule has 4 atom stereocenters. The van der Waals surface area contributed by atoms with Gasteiger partial charge in [0, 0.05) is 18.1 Å². The quantitative estimate of drug-likeness (QED) is 0.149. The molecule has 0 saturated carbocycles. The van der Waals surface area contributed by atoms with Gasteiger partial charge in [0.2, 0.25) is 11.8 Å². The number of ether oxygens (including phenoxy) is 1. The molecule has 8 heteroatoms. The summed E-state index contributed by atoms with van der Waals surface area (Å²) in [6.07, 6.45) is 6.23. The Morgan fingerprint density at radius 2 is 1.83 bits per heavy atom. The van der Waals surface area contributed by atoms with Crippen molar-refractivity contribution < 1.29 is 24.4 Å². The van der Waals surface area contributed by atoms with E-state index in [-0.39, 0.29) is 41.1 Å². The second-order valence-corrected chi connectivity index (χ2v) is 12.3. The van der Waals surface area contributed by atoms with E-state index in [1.54, 1.807) is 6.07 Å². The van der Waals surface area contributed by atoms with Crippen molar-refractivity contribution in [3.63, 3.8) is 0 Å². The maximum Gasteiger partial charge on any atom is 0.271 e.